The summed E-state index contributed by atoms with van der Waals surface area (Å²) in [6.45, 7) is 1.94. The summed E-state index contributed by atoms with van der Waals surface area (Å²) in [7, 11) is 0. The summed E-state index contributed by atoms with van der Waals surface area (Å²) < 4.78 is 0. The number of aryl methyl sites for hydroxylation is 1. The third kappa shape index (κ3) is 3.85. The van der Waals surface area contributed by atoms with E-state index in [0.29, 0.717) is 24.5 Å². The van der Waals surface area contributed by atoms with Crippen molar-refractivity contribution in [3.05, 3.63) is 36.2 Å². The number of ketones is 1. The number of fused-ring (bicyclic) bond motifs is 3. The zero-order valence-electron chi connectivity index (χ0n) is 20.1. The normalized spacial score (nSPS) is 24.1. The minimum Gasteiger partial charge on any atom is -0.367 e. The van der Waals surface area contributed by atoms with Crippen LogP contribution in [0, 0.1) is 23.7 Å². The summed E-state index contributed by atoms with van der Waals surface area (Å²) in [4.78, 5) is 37.0. The van der Waals surface area contributed by atoms with Crippen molar-refractivity contribution in [1.29, 1.82) is 5.26 Å². The van der Waals surface area contributed by atoms with Gasteiger partial charge < -0.3 is 15.5 Å². The number of carbonyl (C=O) groups excluding carboxylic acids is 2. The molecule has 3 aromatic rings. The van der Waals surface area contributed by atoms with Gasteiger partial charge in [0.15, 0.2) is 5.82 Å². The molecule has 2 aliphatic heterocycles. The van der Waals surface area contributed by atoms with E-state index in [4.69, 9.17) is 10.2 Å². The fourth-order valence-electron chi connectivity index (χ4n) is 5.90. The molecule has 184 valence electrons. The second kappa shape index (κ2) is 8.59. The van der Waals surface area contributed by atoms with Gasteiger partial charge in [0.25, 0.3) is 0 Å². The van der Waals surface area contributed by atoms with Crippen molar-refractivity contribution >= 4 is 40.0 Å². The van der Waals surface area contributed by atoms with Gasteiger partial charge in [-0.05, 0) is 64.0 Å². The van der Waals surface area contributed by atoms with Gasteiger partial charge in [-0.15, -0.1) is 0 Å². The number of piperidine rings is 2. The second-order valence-electron chi connectivity index (χ2n) is 10.3. The molecule has 1 unspecified atom stereocenters. The zero-order chi connectivity index (χ0) is 24.9. The lowest BCUT2D eigenvalue weighted by molar-refractivity contribution is -0.150. The highest BCUT2D eigenvalue weighted by Gasteiger charge is 2.60. The minimum atomic E-state index is -1.09. The van der Waals surface area contributed by atoms with Crippen molar-refractivity contribution in [3.63, 3.8) is 0 Å². The van der Waals surface area contributed by atoms with E-state index in [1.165, 1.54) is 0 Å². The van der Waals surface area contributed by atoms with Gasteiger partial charge in [0.2, 0.25) is 11.7 Å². The number of aromatic nitrogens is 4. The van der Waals surface area contributed by atoms with Crippen LogP contribution >= 0.6 is 0 Å². The predicted octanol–water partition coefficient (Wildman–Crippen LogP) is 3.60. The van der Waals surface area contributed by atoms with E-state index in [2.05, 4.69) is 25.8 Å². The highest BCUT2D eigenvalue weighted by molar-refractivity contribution is 6.15. The third-order valence-corrected chi connectivity index (χ3v) is 7.81. The van der Waals surface area contributed by atoms with Gasteiger partial charge >= 0.3 is 0 Å². The molecule has 3 fully saturated rings. The summed E-state index contributed by atoms with van der Waals surface area (Å²) in [5.74, 6) is 1.37. The molecule has 0 radical (unpaired) electrons. The summed E-state index contributed by atoms with van der Waals surface area (Å²) in [5, 5.41) is 24.2. The molecule has 1 aliphatic carbocycles. The number of carbonyl (C=O) groups is 2. The molecule has 0 aromatic carbocycles. The molecular formula is C26H28N8O2. The molecule has 3 aromatic heterocycles. The Labute approximate surface area is 208 Å². The zero-order valence-corrected chi connectivity index (χ0v) is 20.1. The van der Waals surface area contributed by atoms with Gasteiger partial charge in [0.1, 0.15) is 23.1 Å². The van der Waals surface area contributed by atoms with Crippen LogP contribution in [0.1, 0.15) is 50.6 Å². The number of nitriles is 1. The van der Waals surface area contributed by atoms with E-state index >= 15 is 0 Å². The number of aromatic amines is 1. The Morgan fingerprint density at radius 3 is 2.64 bits per heavy atom. The Morgan fingerprint density at radius 2 is 1.97 bits per heavy atom. The number of nitrogens with one attached hydrogen (secondary N) is 3. The van der Waals surface area contributed by atoms with Gasteiger partial charge in [-0.1, -0.05) is 0 Å². The topological polar surface area (TPSA) is 140 Å². The highest BCUT2D eigenvalue weighted by Crippen LogP contribution is 2.50. The van der Waals surface area contributed by atoms with Gasteiger partial charge in [0, 0.05) is 47.5 Å². The molecule has 10 heteroatoms. The molecule has 3 atom stereocenters. The first-order valence-electron chi connectivity index (χ1n) is 12.6. The standard InChI is InChI=1S/C26H28N8O2/c1-15-10-23(33-32-15)30-22-13-20-19(6-3-9-28-20)24(31-22)29-16-11-17-4-2-5-18(12-16)34(17)25(36)26(7-8-26)21(35)14-27/h3,6,9-10,13,16-18H,2,4-5,7-8,11-12H2,1H3,(H3,29,30,31,32,33)/t16?,17-,18+. The van der Waals surface area contributed by atoms with Crippen molar-refractivity contribution in [1.82, 2.24) is 25.1 Å². The van der Waals surface area contributed by atoms with Crippen LogP contribution in [-0.4, -0.2) is 54.9 Å². The first-order chi connectivity index (χ1) is 17.5. The lowest BCUT2D eigenvalue weighted by Crippen LogP contribution is -2.59. The third-order valence-electron chi connectivity index (χ3n) is 7.81. The largest absolute Gasteiger partial charge is 0.367 e. The maximum Gasteiger partial charge on any atom is 0.247 e. The van der Waals surface area contributed by atoms with Gasteiger partial charge in [-0.2, -0.15) is 10.4 Å². The molecule has 0 spiro atoms. The number of pyridine rings is 2. The van der Waals surface area contributed by atoms with Crippen LogP contribution in [0.3, 0.4) is 0 Å². The van der Waals surface area contributed by atoms with Gasteiger partial charge in [-0.25, -0.2) is 4.98 Å². The Balaban J connectivity index is 1.25. The molecular weight excluding hydrogens is 456 g/mol. The average molecular weight is 485 g/mol. The first-order valence-corrected chi connectivity index (χ1v) is 12.6. The molecule has 5 heterocycles. The number of hydrogen-bond donors (Lipinski definition) is 3. The first kappa shape index (κ1) is 22.5. The number of rotatable bonds is 6. The Morgan fingerprint density at radius 1 is 1.19 bits per heavy atom. The fraction of sp³-hybridized carbons (Fsp3) is 0.462. The smallest absolute Gasteiger partial charge is 0.247 e. The molecule has 36 heavy (non-hydrogen) atoms. The highest BCUT2D eigenvalue weighted by atomic mass is 16.2. The van der Waals surface area contributed by atoms with E-state index in [1.54, 1.807) is 12.3 Å². The van der Waals surface area contributed by atoms with E-state index in [9.17, 15) is 9.59 Å². The predicted molar refractivity (Wildman–Crippen MR) is 133 cm³/mol. The van der Waals surface area contributed by atoms with E-state index in [0.717, 1.165) is 54.5 Å². The molecule has 3 N–H and O–H groups in total. The number of hydrogen-bond acceptors (Lipinski definition) is 8. The summed E-state index contributed by atoms with van der Waals surface area (Å²) in [5.41, 5.74) is 0.687. The van der Waals surface area contributed by atoms with Gasteiger partial charge in [0.05, 0.1) is 5.52 Å². The molecule has 1 amide bonds. The van der Waals surface area contributed by atoms with Crippen molar-refractivity contribution < 1.29 is 9.59 Å². The molecule has 1 saturated carbocycles. The number of nitrogens with zero attached hydrogens (tertiary/aromatic N) is 5. The Hall–Kier alpha value is -4.00. The Kier molecular flexibility index (Phi) is 5.36. The van der Waals surface area contributed by atoms with E-state index < -0.39 is 11.2 Å². The maximum atomic E-state index is 13.5. The minimum absolute atomic E-state index is 0.0594. The SMILES string of the molecule is Cc1cc(Nc2cc3ncccc3c(NC3C[C@H]4CCC[C@@H](C3)N4C(=O)C3(C(=O)C#N)CC3)n2)n[nH]1. The van der Waals surface area contributed by atoms with Crippen molar-refractivity contribution in [3.8, 4) is 6.07 Å². The van der Waals surface area contributed by atoms with Crippen LogP contribution < -0.4 is 10.6 Å². The number of H-pyrrole nitrogens is 1. The van der Waals surface area contributed by atoms with Crippen LogP contribution in [0.4, 0.5) is 17.5 Å². The van der Waals surface area contributed by atoms with Crippen molar-refractivity contribution in [2.75, 3.05) is 10.6 Å². The molecule has 2 saturated heterocycles. The molecule has 6 rings (SSSR count). The maximum absolute atomic E-state index is 13.5. The lowest BCUT2D eigenvalue weighted by atomic mass is 9.80. The molecule has 3 aliphatic rings. The van der Waals surface area contributed by atoms with Crippen molar-refractivity contribution in [2.24, 2.45) is 5.41 Å². The fourth-order valence-corrected chi connectivity index (χ4v) is 5.90. The quantitative estimate of drug-likeness (QED) is 0.356. The summed E-state index contributed by atoms with van der Waals surface area (Å²) in [6.07, 6.45) is 7.19. The summed E-state index contributed by atoms with van der Waals surface area (Å²) in [6, 6.07) is 9.68. The van der Waals surface area contributed by atoms with Crippen LogP contribution in [-0.2, 0) is 9.59 Å². The van der Waals surface area contributed by atoms with Gasteiger partial charge in [-0.3, -0.25) is 19.7 Å². The van der Waals surface area contributed by atoms with Crippen LogP contribution in [0.5, 0.6) is 0 Å². The summed E-state index contributed by atoms with van der Waals surface area (Å²) >= 11 is 0. The van der Waals surface area contributed by atoms with Crippen LogP contribution in [0.2, 0.25) is 0 Å². The van der Waals surface area contributed by atoms with Crippen LogP contribution in [0.25, 0.3) is 10.9 Å². The molecule has 2 bridgehead atoms. The number of anilines is 3. The lowest BCUT2D eigenvalue weighted by Gasteiger charge is -2.50. The second-order valence-corrected chi connectivity index (χ2v) is 10.3. The number of Topliss-reactive ketones (excluding diaryl/α,β-unsaturated/α-hetero) is 1. The van der Waals surface area contributed by atoms with E-state index in [1.807, 2.05) is 36.1 Å². The molecule has 10 nitrogen and oxygen atoms in total. The number of amides is 1. The van der Waals surface area contributed by atoms with E-state index in [-0.39, 0.29) is 24.0 Å². The average Bonchev–Trinajstić information content (AvgIpc) is 3.59. The van der Waals surface area contributed by atoms with Crippen molar-refractivity contribution in [2.45, 2.75) is 70.0 Å². The monoisotopic (exact) mass is 484 g/mol. The Bertz CT molecular complexity index is 1370. The van der Waals surface area contributed by atoms with Crippen LogP contribution in [0.15, 0.2) is 30.5 Å².